The fourth-order valence-corrected chi connectivity index (χ4v) is 4.23. The number of carbonyl (C=O) groups excluding carboxylic acids is 1. The summed E-state index contributed by atoms with van der Waals surface area (Å²) in [5.74, 6) is 0.956. The highest BCUT2D eigenvalue weighted by atomic mass is 32.2. The molecule has 0 aromatic heterocycles. The van der Waals surface area contributed by atoms with Gasteiger partial charge in [0.1, 0.15) is 5.75 Å². The molecule has 0 unspecified atom stereocenters. The van der Waals surface area contributed by atoms with Gasteiger partial charge in [0.25, 0.3) is 0 Å². The second kappa shape index (κ2) is 9.89. The van der Waals surface area contributed by atoms with Crippen LogP contribution >= 0.6 is 0 Å². The maximum absolute atomic E-state index is 12.4. The monoisotopic (exact) mass is 384 g/mol. The zero-order valence-corrected chi connectivity index (χ0v) is 16.2. The predicted octanol–water partition coefficient (Wildman–Crippen LogP) is 1.54. The Kier molecular flexibility index (Phi) is 7.86. The predicted molar refractivity (Wildman–Crippen MR) is 98.5 cm³/mol. The van der Waals surface area contributed by atoms with E-state index in [-0.39, 0.29) is 22.6 Å². The number of carbonyl (C=O) groups is 1. The van der Waals surface area contributed by atoms with Crippen molar-refractivity contribution in [2.45, 2.75) is 30.6 Å². The Morgan fingerprint density at radius 3 is 2.35 bits per heavy atom. The minimum atomic E-state index is -3.53. The summed E-state index contributed by atoms with van der Waals surface area (Å²) in [7, 11) is -0.389. The molecule has 146 valence electrons. The van der Waals surface area contributed by atoms with E-state index in [1.807, 2.05) is 0 Å². The van der Waals surface area contributed by atoms with E-state index in [0.29, 0.717) is 25.4 Å². The van der Waals surface area contributed by atoms with E-state index in [0.717, 1.165) is 25.7 Å². The highest BCUT2D eigenvalue weighted by molar-refractivity contribution is 7.89. The van der Waals surface area contributed by atoms with Crippen LogP contribution in [0.5, 0.6) is 5.75 Å². The summed E-state index contributed by atoms with van der Waals surface area (Å²) in [5.41, 5.74) is 0. The molecule has 0 bridgehead atoms. The van der Waals surface area contributed by atoms with E-state index in [1.165, 1.54) is 19.2 Å². The summed E-state index contributed by atoms with van der Waals surface area (Å²) >= 11 is 0. The van der Waals surface area contributed by atoms with Crippen LogP contribution in [-0.2, 0) is 19.6 Å². The molecule has 1 amide bonds. The normalized spacial score (nSPS) is 20.5. The van der Waals surface area contributed by atoms with E-state index in [2.05, 4.69) is 10.0 Å². The molecule has 0 saturated heterocycles. The van der Waals surface area contributed by atoms with Gasteiger partial charge in [-0.15, -0.1) is 0 Å². The van der Waals surface area contributed by atoms with Gasteiger partial charge < -0.3 is 14.8 Å². The topological polar surface area (TPSA) is 93.7 Å². The van der Waals surface area contributed by atoms with Crippen LogP contribution in [0.1, 0.15) is 25.7 Å². The van der Waals surface area contributed by atoms with E-state index in [9.17, 15) is 13.2 Å². The zero-order chi connectivity index (χ0) is 19.0. The van der Waals surface area contributed by atoms with E-state index in [1.54, 1.807) is 19.2 Å². The van der Waals surface area contributed by atoms with Gasteiger partial charge in [-0.2, -0.15) is 0 Å². The number of amides is 1. The molecule has 1 aliphatic carbocycles. The van der Waals surface area contributed by atoms with Gasteiger partial charge in [0.15, 0.2) is 0 Å². The molecule has 2 N–H and O–H groups in total. The summed E-state index contributed by atoms with van der Waals surface area (Å²) in [6.07, 6.45) is 3.25. The van der Waals surface area contributed by atoms with Gasteiger partial charge in [0, 0.05) is 26.1 Å². The molecule has 0 atom stereocenters. The Hall–Kier alpha value is -1.64. The van der Waals surface area contributed by atoms with Crippen molar-refractivity contribution < 1.29 is 22.7 Å². The third kappa shape index (κ3) is 5.96. The zero-order valence-electron chi connectivity index (χ0n) is 15.4. The number of rotatable bonds is 9. The maximum Gasteiger partial charge on any atom is 0.240 e. The molecule has 8 heteroatoms. The van der Waals surface area contributed by atoms with Crippen LogP contribution < -0.4 is 14.8 Å². The number of benzene rings is 1. The molecular formula is C18H28N2O5S. The van der Waals surface area contributed by atoms with Gasteiger partial charge in [-0.05, 0) is 55.9 Å². The van der Waals surface area contributed by atoms with Gasteiger partial charge in [0.05, 0.1) is 18.6 Å². The van der Waals surface area contributed by atoms with Crippen LogP contribution in [0.25, 0.3) is 0 Å². The lowest BCUT2D eigenvalue weighted by Gasteiger charge is -2.27. The third-order valence-corrected chi connectivity index (χ3v) is 6.19. The van der Waals surface area contributed by atoms with Crippen LogP contribution in [-0.4, -0.2) is 48.2 Å². The molecule has 1 aliphatic rings. The molecule has 1 aromatic carbocycles. The molecule has 0 radical (unpaired) electrons. The number of hydrogen-bond acceptors (Lipinski definition) is 5. The molecule has 7 nitrogen and oxygen atoms in total. The molecule has 1 aromatic rings. The quantitative estimate of drug-likeness (QED) is 0.630. The Labute approximate surface area is 155 Å². The van der Waals surface area contributed by atoms with Crippen molar-refractivity contribution in [3.05, 3.63) is 24.3 Å². The Morgan fingerprint density at radius 1 is 1.12 bits per heavy atom. The standard InChI is InChI=1S/C18H28N2O5S/c1-24-12-11-19-18(21)15-5-3-14(4-6-15)13-20-26(22,23)17-9-7-16(25-2)8-10-17/h7-10,14-15,20H,3-6,11-13H2,1-2H3,(H,19,21). The first kappa shape index (κ1) is 20.7. The molecule has 0 heterocycles. The van der Waals surface area contributed by atoms with Gasteiger partial charge in [-0.3, -0.25) is 4.79 Å². The van der Waals surface area contributed by atoms with Gasteiger partial charge >= 0.3 is 0 Å². The second-order valence-electron chi connectivity index (χ2n) is 6.53. The van der Waals surface area contributed by atoms with Gasteiger partial charge in [-0.25, -0.2) is 13.1 Å². The molecular weight excluding hydrogens is 356 g/mol. The maximum atomic E-state index is 12.4. The molecule has 0 aliphatic heterocycles. The first-order valence-electron chi connectivity index (χ1n) is 8.86. The van der Waals surface area contributed by atoms with Crippen molar-refractivity contribution in [3.8, 4) is 5.75 Å². The summed E-state index contributed by atoms with van der Waals surface area (Å²) in [4.78, 5) is 12.3. The van der Waals surface area contributed by atoms with E-state index in [4.69, 9.17) is 9.47 Å². The molecule has 2 rings (SSSR count). The first-order chi connectivity index (χ1) is 12.5. The highest BCUT2D eigenvalue weighted by Crippen LogP contribution is 2.29. The number of nitrogens with one attached hydrogen (secondary N) is 2. The average Bonchev–Trinajstić information content (AvgIpc) is 2.67. The van der Waals surface area contributed by atoms with Crippen LogP contribution in [0.3, 0.4) is 0 Å². The van der Waals surface area contributed by atoms with E-state index >= 15 is 0 Å². The number of ether oxygens (including phenoxy) is 2. The third-order valence-electron chi connectivity index (χ3n) is 4.75. The van der Waals surface area contributed by atoms with Crippen molar-refractivity contribution in [1.82, 2.24) is 10.0 Å². The van der Waals surface area contributed by atoms with Crippen LogP contribution in [0.2, 0.25) is 0 Å². The fourth-order valence-electron chi connectivity index (χ4n) is 3.12. The van der Waals surface area contributed by atoms with Gasteiger partial charge in [-0.1, -0.05) is 0 Å². The molecule has 1 saturated carbocycles. The average molecular weight is 384 g/mol. The van der Waals surface area contributed by atoms with Gasteiger partial charge in [0.2, 0.25) is 15.9 Å². The summed E-state index contributed by atoms with van der Waals surface area (Å²) in [6, 6.07) is 6.31. The van der Waals surface area contributed by atoms with E-state index < -0.39 is 10.0 Å². The van der Waals surface area contributed by atoms with Crippen molar-refractivity contribution in [2.75, 3.05) is 33.9 Å². The summed E-state index contributed by atoms with van der Waals surface area (Å²) in [6.45, 7) is 1.43. The van der Waals surface area contributed by atoms with Crippen LogP contribution in [0.15, 0.2) is 29.2 Å². The Bertz CT molecular complexity index is 667. The van der Waals surface area contributed by atoms with Crippen molar-refractivity contribution in [2.24, 2.45) is 11.8 Å². The Balaban J connectivity index is 1.77. The number of methoxy groups -OCH3 is 2. The minimum Gasteiger partial charge on any atom is -0.497 e. The van der Waals surface area contributed by atoms with Crippen LogP contribution in [0.4, 0.5) is 0 Å². The lowest BCUT2D eigenvalue weighted by molar-refractivity contribution is -0.126. The first-order valence-corrected chi connectivity index (χ1v) is 10.3. The van der Waals surface area contributed by atoms with Crippen LogP contribution in [0, 0.1) is 11.8 Å². The lowest BCUT2D eigenvalue weighted by Crippen LogP contribution is -2.37. The molecule has 1 fully saturated rings. The van der Waals surface area contributed by atoms with Crippen molar-refractivity contribution >= 4 is 15.9 Å². The van der Waals surface area contributed by atoms with Crippen molar-refractivity contribution in [3.63, 3.8) is 0 Å². The minimum absolute atomic E-state index is 0.0151. The number of sulfonamides is 1. The lowest BCUT2D eigenvalue weighted by atomic mass is 9.81. The summed E-state index contributed by atoms with van der Waals surface area (Å²) < 4.78 is 37.4. The summed E-state index contributed by atoms with van der Waals surface area (Å²) in [5, 5.41) is 2.87. The molecule has 0 spiro atoms. The smallest absolute Gasteiger partial charge is 0.240 e. The molecule has 26 heavy (non-hydrogen) atoms. The highest BCUT2D eigenvalue weighted by Gasteiger charge is 2.27. The number of hydrogen-bond donors (Lipinski definition) is 2. The van der Waals surface area contributed by atoms with Crippen molar-refractivity contribution in [1.29, 1.82) is 0 Å². The SMILES string of the molecule is COCCNC(=O)C1CCC(CNS(=O)(=O)c2ccc(OC)cc2)CC1. The second-order valence-corrected chi connectivity index (χ2v) is 8.30. The Morgan fingerprint density at radius 2 is 1.77 bits per heavy atom. The largest absolute Gasteiger partial charge is 0.497 e. The fraction of sp³-hybridized carbons (Fsp3) is 0.611.